The third-order valence-electron chi connectivity index (χ3n) is 3.38. The summed E-state index contributed by atoms with van der Waals surface area (Å²) >= 11 is 1.69. The zero-order valence-corrected chi connectivity index (χ0v) is 12.8. The minimum atomic E-state index is -1.03. The summed E-state index contributed by atoms with van der Waals surface area (Å²) in [5.74, 6) is -0.165. The van der Waals surface area contributed by atoms with Crippen molar-refractivity contribution in [2.24, 2.45) is 5.73 Å². The molecule has 0 aliphatic carbocycles. The summed E-state index contributed by atoms with van der Waals surface area (Å²) in [4.78, 5) is 14.8. The summed E-state index contributed by atoms with van der Waals surface area (Å²) in [5, 5.41) is 2.99. The number of aryl methyl sites for hydroxylation is 1. The van der Waals surface area contributed by atoms with Gasteiger partial charge in [-0.1, -0.05) is 30.3 Å². The van der Waals surface area contributed by atoms with Gasteiger partial charge in [0.15, 0.2) is 0 Å². The number of nitrogens with one attached hydrogen (secondary N) is 1. The second kappa shape index (κ2) is 5.77. The maximum absolute atomic E-state index is 12.4. The Labute approximate surface area is 123 Å². The third-order valence-corrected chi connectivity index (χ3v) is 4.56. The Bertz CT molecular complexity index is 590. The van der Waals surface area contributed by atoms with Crippen molar-refractivity contribution in [1.82, 2.24) is 5.32 Å². The second-order valence-corrected chi connectivity index (χ2v) is 6.53. The van der Waals surface area contributed by atoms with Gasteiger partial charge in [0.05, 0.1) is 6.04 Å². The fraction of sp³-hybridized carbons (Fsp3) is 0.312. The van der Waals surface area contributed by atoms with E-state index < -0.39 is 5.54 Å². The molecule has 1 aromatic heterocycles. The molecule has 106 valence electrons. The Morgan fingerprint density at radius 2 is 1.90 bits per heavy atom. The fourth-order valence-electron chi connectivity index (χ4n) is 2.02. The van der Waals surface area contributed by atoms with Gasteiger partial charge >= 0.3 is 0 Å². The zero-order chi connectivity index (χ0) is 14.8. The molecule has 0 bridgehead atoms. The van der Waals surface area contributed by atoms with Gasteiger partial charge in [-0.15, -0.1) is 11.3 Å². The van der Waals surface area contributed by atoms with Crippen LogP contribution in [-0.2, 0) is 10.3 Å². The van der Waals surface area contributed by atoms with Gasteiger partial charge in [-0.05, 0) is 38.5 Å². The minimum absolute atomic E-state index is 0.0345. The molecule has 0 aliphatic rings. The molecule has 2 aromatic rings. The Morgan fingerprint density at radius 1 is 1.25 bits per heavy atom. The van der Waals surface area contributed by atoms with E-state index in [1.807, 2.05) is 43.3 Å². The van der Waals surface area contributed by atoms with Crippen LogP contribution in [0.4, 0.5) is 0 Å². The summed E-state index contributed by atoms with van der Waals surface area (Å²) < 4.78 is 0. The molecule has 0 fully saturated rings. The maximum atomic E-state index is 12.4. The van der Waals surface area contributed by atoms with E-state index in [1.165, 1.54) is 4.88 Å². The molecule has 20 heavy (non-hydrogen) atoms. The van der Waals surface area contributed by atoms with E-state index >= 15 is 0 Å². The van der Waals surface area contributed by atoms with Crippen molar-refractivity contribution in [3.05, 3.63) is 57.8 Å². The molecule has 3 N–H and O–H groups in total. The van der Waals surface area contributed by atoms with Gasteiger partial charge in [-0.2, -0.15) is 0 Å². The van der Waals surface area contributed by atoms with Crippen LogP contribution in [-0.4, -0.2) is 5.91 Å². The summed E-state index contributed by atoms with van der Waals surface area (Å²) in [5.41, 5.74) is 5.99. The third kappa shape index (κ3) is 3.08. The van der Waals surface area contributed by atoms with Gasteiger partial charge in [-0.3, -0.25) is 4.79 Å². The van der Waals surface area contributed by atoms with Crippen LogP contribution in [0.25, 0.3) is 0 Å². The van der Waals surface area contributed by atoms with Crippen molar-refractivity contribution in [2.75, 3.05) is 0 Å². The zero-order valence-electron chi connectivity index (χ0n) is 12.0. The lowest BCUT2D eigenvalue weighted by atomic mass is 9.92. The average Bonchev–Trinajstić information content (AvgIpc) is 2.86. The highest BCUT2D eigenvalue weighted by atomic mass is 32.1. The Hall–Kier alpha value is -1.65. The molecular formula is C16H20N2OS. The molecule has 1 heterocycles. The number of carbonyl (C=O) groups is 1. The highest BCUT2D eigenvalue weighted by Crippen LogP contribution is 2.24. The Kier molecular flexibility index (Phi) is 4.26. The normalized spacial score (nSPS) is 15.4. The molecule has 0 saturated heterocycles. The lowest BCUT2D eigenvalue weighted by Gasteiger charge is -2.26. The topological polar surface area (TPSA) is 55.1 Å². The number of amides is 1. The van der Waals surface area contributed by atoms with Gasteiger partial charge in [0.1, 0.15) is 5.54 Å². The highest BCUT2D eigenvalue weighted by molar-refractivity contribution is 7.12. The summed E-state index contributed by atoms with van der Waals surface area (Å²) in [6.07, 6.45) is 0. The molecule has 0 saturated carbocycles. The largest absolute Gasteiger partial charge is 0.347 e. The van der Waals surface area contributed by atoms with E-state index in [9.17, 15) is 4.79 Å². The molecule has 0 aliphatic heterocycles. The maximum Gasteiger partial charge on any atom is 0.244 e. The first-order valence-electron chi connectivity index (χ1n) is 6.63. The van der Waals surface area contributed by atoms with E-state index in [0.717, 1.165) is 10.4 Å². The monoisotopic (exact) mass is 288 g/mol. The van der Waals surface area contributed by atoms with Crippen LogP contribution in [0.2, 0.25) is 0 Å². The number of nitrogens with two attached hydrogens (primary N) is 1. The van der Waals surface area contributed by atoms with Crippen LogP contribution in [0.1, 0.15) is 35.2 Å². The molecule has 2 unspecified atom stereocenters. The highest BCUT2D eigenvalue weighted by Gasteiger charge is 2.31. The number of carbonyl (C=O) groups excluding carboxylic acids is 1. The van der Waals surface area contributed by atoms with Crippen molar-refractivity contribution < 1.29 is 4.79 Å². The lowest BCUT2D eigenvalue weighted by Crippen LogP contribution is -2.49. The van der Waals surface area contributed by atoms with E-state index in [-0.39, 0.29) is 11.9 Å². The van der Waals surface area contributed by atoms with Crippen LogP contribution in [0, 0.1) is 6.92 Å². The SMILES string of the molecule is Cc1ccc(C(C)NC(=O)C(C)(N)c2ccccc2)s1. The first kappa shape index (κ1) is 14.8. The molecule has 0 spiro atoms. The molecule has 2 rings (SSSR count). The van der Waals surface area contributed by atoms with Crippen LogP contribution in [0.15, 0.2) is 42.5 Å². The summed E-state index contributed by atoms with van der Waals surface area (Å²) in [7, 11) is 0. The number of hydrogen-bond donors (Lipinski definition) is 2. The van der Waals surface area contributed by atoms with Crippen molar-refractivity contribution in [2.45, 2.75) is 32.4 Å². The van der Waals surface area contributed by atoms with Gasteiger partial charge in [0, 0.05) is 9.75 Å². The predicted molar refractivity (Wildman–Crippen MR) is 83.6 cm³/mol. The van der Waals surface area contributed by atoms with Crippen molar-refractivity contribution in [3.8, 4) is 0 Å². The second-order valence-electron chi connectivity index (χ2n) is 5.21. The van der Waals surface area contributed by atoms with Crippen LogP contribution >= 0.6 is 11.3 Å². The van der Waals surface area contributed by atoms with Crippen molar-refractivity contribution in [1.29, 1.82) is 0 Å². The number of benzene rings is 1. The smallest absolute Gasteiger partial charge is 0.244 e. The molecule has 1 amide bonds. The van der Waals surface area contributed by atoms with Crippen LogP contribution < -0.4 is 11.1 Å². The van der Waals surface area contributed by atoms with E-state index in [1.54, 1.807) is 18.3 Å². The molecule has 0 radical (unpaired) electrons. The molecule has 1 aromatic carbocycles. The van der Waals surface area contributed by atoms with Crippen molar-refractivity contribution >= 4 is 17.2 Å². The van der Waals surface area contributed by atoms with E-state index in [0.29, 0.717) is 0 Å². The fourth-order valence-corrected chi connectivity index (χ4v) is 2.90. The van der Waals surface area contributed by atoms with Gasteiger partial charge < -0.3 is 11.1 Å². The molecule has 3 nitrogen and oxygen atoms in total. The van der Waals surface area contributed by atoms with Crippen molar-refractivity contribution in [3.63, 3.8) is 0 Å². The van der Waals surface area contributed by atoms with E-state index in [2.05, 4.69) is 18.3 Å². The van der Waals surface area contributed by atoms with E-state index in [4.69, 9.17) is 5.73 Å². The first-order chi connectivity index (χ1) is 9.41. The van der Waals surface area contributed by atoms with Gasteiger partial charge in [0.2, 0.25) is 5.91 Å². The Morgan fingerprint density at radius 3 is 2.45 bits per heavy atom. The minimum Gasteiger partial charge on any atom is -0.347 e. The quantitative estimate of drug-likeness (QED) is 0.908. The Balaban J connectivity index is 2.11. The lowest BCUT2D eigenvalue weighted by molar-refractivity contribution is -0.126. The standard InChI is InChI=1S/C16H20N2OS/c1-11-9-10-14(20-11)12(2)18-15(19)16(3,17)13-7-5-4-6-8-13/h4-10,12H,17H2,1-3H3,(H,18,19). The average molecular weight is 288 g/mol. The van der Waals surface area contributed by atoms with Crippen LogP contribution in [0.3, 0.4) is 0 Å². The molecule has 4 heteroatoms. The van der Waals surface area contributed by atoms with Gasteiger partial charge in [0.25, 0.3) is 0 Å². The van der Waals surface area contributed by atoms with Gasteiger partial charge in [-0.25, -0.2) is 0 Å². The molecule has 2 atom stereocenters. The summed E-state index contributed by atoms with van der Waals surface area (Å²) in [6, 6.07) is 13.5. The predicted octanol–water partition coefficient (Wildman–Crippen LogP) is 3.11. The summed E-state index contributed by atoms with van der Waals surface area (Å²) in [6.45, 7) is 5.77. The number of hydrogen-bond acceptors (Lipinski definition) is 3. The first-order valence-corrected chi connectivity index (χ1v) is 7.44. The molecular weight excluding hydrogens is 268 g/mol. The number of rotatable bonds is 4. The van der Waals surface area contributed by atoms with Crippen LogP contribution in [0.5, 0.6) is 0 Å². The number of thiophene rings is 1.